The zero-order valence-electron chi connectivity index (χ0n) is 11.3. The molecule has 0 saturated carbocycles. The van der Waals surface area contributed by atoms with Gasteiger partial charge in [0.25, 0.3) is 0 Å². The lowest BCUT2D eigenvalue weighted by atomic mass is 10.0. The van der Waals surface area contributed by atoms with Gasteiger partial charge in [0.1, 0.15) is 10.7 Å². The van der Waals surface area contributed by atoms with Crippen LogP contribution in [0, 0.1) is 5.82 Å². The topological polar surface area (TPSA) is 63.4 Å². The monoisotopic (exact) mass is 306 g/mol. The second kappa shape index (κ2) is 5.13. The summed E-state index contributed by atoms with van der Waals surface area (Å²) >= 11 is 0. The van der Waals surface area contributed by atoms with Crippen molar-refractivity contribution in [1.82, 2.24) is 4.31 Å². The summed E-state index contributed by atoms with van der Waals surface area (Å²) in [6.45, 7) is 0.617. The largest absolute Gasteiger partial charge is 0.399 e. The molecule has 3 rings (SSSR count). The van der Waals surface area contributed by atoms with E-state index in [0.717, 1.165) is 17.2 Å². The van der Waals surface area contributed by atoms with Gasteiger partial charge in [0.2, 0.25) is 10.0 Å². The van der Waals surface area contributed by atoms with Gasteiger partial charge in [-0.05, 0) is 35.7 Å². The third-order valence-electron chi connectivity index (χ3n) is 3.67. The molecule has 1 heterocycles. The van der Waals surface area contributed by atoms with E-state index in [0.29, 0.717) is 13.0 Å². The fourth-order valence-corrected chi connectivity index (χ4v) is 4.00. The fourth-order valence-electron chi connectivity index (χ4n) is 2.54. The fraction of sp³-hybridized carbons (Fsp3) is 0.200. The minimum Gasteiger partial charge on any atom is -0.399 e. The number of benzene rings is 2. The molecule has 2 aromatic rings. The number of nitrogens with zero attached hydrogens (tertiary/aromatic N) is 1. The van der Waals surface area contributed by atoms with E-state index < -0.39 is 15.8 Å². The molecule has 0 radical (unpaired) electrons. The van der Waals surface area contributed by atoms with E-state index >= 15 is 0 Å². The number of hydrogen-bond donors (Lipinski definition) is 1. The molecule has 0 aliphatic carbocycles. The highest BCUT2D eigenvalue weighted by Crippen LogP contribution is 2.26. The SMILES string of the molecule is Nc1ccc(S(=O)(=O)N2CCc3ccccc3C2)c(F)c1. The van der Waals surface area contributed by atoms with Crippen LogP contribution >= 0.6 is 0 Å². The van der Waals surface area contributed by atoms with Gasteiger partial charge in [-0.2, -0.15) is 4.31 Å². The number of anilines is 1. The van der Waals surface area contributed by atoms with Gasteiger partial charge in [-0.1, -0.05) is 24.3 Å². The lowest BCUT2D eigenvalue weighted by molar-refractivity contribution is 0.388. The third kappa shape index (κ3) is 2.52. The van der Waals surface area contributed by atoms with Crippen LogP contribution < -0.4 is 5.73 Å². The van der Waals surface area contributed by atoms with Crippen LogP contribution in [0.15, 0.2) is 47.4 Å². The van der Waals surface area contributed by atoms with Crippen LogP contribution in [0.5, 0.6) is 0 Å². The van der Waals surface area contributed by atoms with Crippen molar-refractivity contribution in [3.05, 3.63) is 59.4 Å². The van der Waals surface area contributed by atoms with Crippen LogP contribution in [0.25, 0.3) is 0 Å². The summed E-state index contributed by atoms with van der Waals surface area (Å²) in [7, 11) is -3.85. The van der Waals surface area contributed by atoms with Crippen molar-refractivity contribution in [3.63, 3.8) is 0 Å². The van der Waals surface area contributed by atoms with Crippen molar-refractivity contribution in [1.29, 1.82) is 0 Å². The first-order valence-corrected chi connectivity index (χ1v) is 8.04. The van der Waals surface area contributed by atoms with Gasteiger partial charge < -0.3 is 5.73 Å². The Labute approximate surface area is 123 Å². The molecule has 0 atom stereocenters. The zero-order chi connectivity index (χ0) is 15.0. The Morgan fingerprint density at radius 2 is 1.81 bits per heavy atom. The summed E-state index contributed by atoms with van der Waals surface area (Å²) in [6.07, 6.45) is 0.631. The molecule has 0 bridgehead atoms. The van der Waals surface area contributed by atoms with E-state index in [4.69, 9.17) is 5.73 Å². The molecular weight excluding hydrogens is 291 g/mol. The average molecular weight is 306 g/mol. The number of halogens is 1. The normalized spacial score (nSPS) is 15.7. The zero-order valence-corrected chi connectivity index (χ0v) is 12.1. The summed E-state index contributed by atoms with van der Waals surface area (Å²) in [5.41, 5.74) is 7.77. The number of rotatable bonds is 2. The minimum atomic E-state index is -3.85. The van der Waals surface area contributed by atoms with E-state index in [-0.39, 0.29) is 17.1 Å². The predicted molar refractivity (Wildman–Crippen MR) is 78.6 cm³/mol. The molecule has 1 aliphatic heterocycles. The number of fused-ring (bicyclic) bond motifs is 1. The summed E-state index contributed by atoms with van der Waals surface area (Å²) < 4.78 is 40.4. The first-order chi connectivity index (χ1) is 9.98. The maximum absolute atomic E-state index is 13.9. The Hall–Kier alpha value is -1.92. The maximum atomic E-state index is 13.9. The van der Waals surface area contributed by atoms with Crippen LogP contribution in [-0.2, 0) is 23.0 Å². The van der Waals surface area contributed by atoms with E-state index in [1.807, 2.05) is 24.3 Å². The highest BCUT2D eigenvalue weighted by atomic mass is 32.2. The first kappa shape index (κ1) is 14.0. The van der Waals surface area contributed by atoms with Gasteiger partial charge in [-0.25, -0.2) is 12.8 Å². The third-order valence-corrected chi connectivity index (χ3v) is 5.55. The Kier molecular flexibility index (Phi) is 3.43. The van der Waals surface area contributed by atoms with Crippen molar-refractivity contribution in [2.45, 2.75) is 17.9 Å². The van der Waals surface area contributed by atoms with E-state index in [1.54, 1.807) is 0 Å². The van der Waals surface area contributed by atoms with Gasteiger partial charge in [0, 0.05) is 18.8 Å². The highest BCUT2D eigenvalue weighted by molar-refractivity contribution is 7.89. The second-order valence-corrected chi connectivity index (χ2v) is 6.95. The summed E-state index contributed by atoms with van der Waals surface area (Å²) in [5, 5.41) is 0. The number of sulfonamides is 1. The molecule has 110 valence electrons. The minimum absolute atomic E-state index is 0.204. The molecule has 0 aromatic heterocycles. The average Bonchev–Trinajstić information content (AvgIpc) is 2.46. The number of hydrogen-bond acceptors (Lipinski definition) is 3. The lowest BCUT2D eigenvalue weighted by Gasteiger charge is -2.28. The van der Waals surface area contributed by atoms with Gasteiger partial charge in [0.15, 0.2) is 0 Å². The summed E-state index contributed by atoms with van der Waals surface area (Å²) in [4.78, 5) is -0.323. The van der Waals surface area contributed by atoms with Gasteiger partial charge >= 0.3 is 0 Å². The molecule has 0 fully saturated rings. The second-order valence-electron chi connectivity index (χ2n) is 5.05. The molecular formula is C15H15FN2O2S. The van der Waals surface area contributed by atoms with Gasteiger partial charge in [-0.15, -0.1) is 0 Å². The molecule has 1 aliphatic rings. The molecule has 2 N–H and O–H groups in total. The van der Waals surface area contributed by atoms with E-state index in [9.17, 15) is 12.8 Å². The quantitative estimate of drug-likeness (QED) is 0.865. The van der Waals surface area contributed by atoms with Gasteiger partial charge in [0.05, 0.1) is 0 Å². The molecule has 0 saturated heterocycles. The van der Waals surface area contributed by atoms with Crippen LogP contribution in [-0.4, -0.2) is 19.3 Å². The van der Waals surface area contributed by atoms with Crippen molar-refractivity contribution < 1.29 is 12.8 Å². The summed E-state index contributed by atoms with van der Waals surface area (Å²) in [5.74, 6) is -0.811. The number of nitrogen functional groups attached to an aromatic ring is 1. The van der Waals surface area contributed by atoms with Crippen molar-refractivity contribution >= 4 is 15.7 Å². The van der Waals surface area contributed by atoms with E-state index in [2.05, 4.69) is 0 Å². The van der Waals surface area contributed by atoms with Crippen LogP contribution in [0.4, 0.5) is 10.1 Å². The van der Waals surface area contributed by atoms with Crippen LogP contribution in [0.3, 0.4) is 0 Å². The van der Waals surface area contributed by atoms with E-state index in [1.165, 1.54) is 16.4 Å². The molecule has 0 spiro atoms. The Balaban J connectivity index is 1.97. The molecule has 0 unspecified atom stereocenters. The predicted octanol–water partition coefficient (Wildman–Crippen LogP) is 2.15. The molecule has 0 amide bonds. The number of nitrogens with two attached hydrogens (primary N) is 1. The molecule has 21 heavy (non-hydrogen) atoms. The molecule has 4 nitrogen and oxygen atoms in total. The molecule has 2 aromatic carbocycles. The van der Waals surface area contributed by atoms with Crippen LogP contribution in [0.1, 0.15) is 11.1 Å². The Bertz CT molecular complexity index is 790. The first-order valence-electron chi connectivity index (χ1n) is 6.60. The van der Waals surface area contributed by atoms with Crippen molar-refractivity contribution in [2.24, 2.45) is 0 Å². The maximum Gasteiger partial charge on any atom is 0.246 e. The Morgan fingerprint density at radius 1 is 1.10 bits per heavy atom. The van der Waals surface area contributed by atoms with Crippen molar-refractivity contribution in [3.8, 4) is 0 Å². The molecule has 6 heteroatoms. The smallest absolute Gasteiger partial charge is 0.246 e. The standard InChI is InChI=1S/C15H15FN2O2S/c16-14-9-13(17)5-6-15(14)21(19,20)18-8-7-11-3-1-2-4-12(11)10-18/h1-6,9H,7-8,10,17H2. The van der Waals surface area contributed by atoms with Crippen molar-refractivity contribution in [2.75, 3.05) is 12.3 Å². The van der Waals surface area contributed by atoms with Crippen LogP contribution in [0.2, 0.25) is 0 Å². The lowest BCUT2D eigenvalue weighted by Crippen LogP contribution is -2.36. The Morgan fingerprint density at radius 3 is 2.52 bits per heavy atom. The van der Waals surface area contributed by atoms with Gasteiger partial charge in [-0.3, -0.25) is 0 Å². The summed E-state index contributed by atoms with van der Waals surface area (Å²) in [6, 6.07) is 11.3. The highest BCUT2D eigenvalue weighted by Gasteiger charge is 2.30.